The Hall–Kier alpha value is -1.15. The molecule has 2 aromatic rings. The third-order valence-electron chi connectivity index (χ3n) is 5.36. The molecule has 7 heteroatoms. The predicted molar refractivity (Wildman–Crippen MR) is 102 cm³/mol. The molecule has 0 spiro atoms. The van der Waals surface area contributed by atoms with E-state index in [1.807, 2.05) is 12.1 Å². The molecule has 1 unspecified atom stereocenters. The quantitative estimate of drug-likeness (QED) is 0.466. The second kappa shape index (κ2) is 8.25. The molecule has 1 atom stereocenters. The lowest BCUT2D eigenvalue weighted by atomic mass is 9.95. The van der Waals surface area contributed by atoms with Crippen LogP contribution in [0.2, 0.25) is 5.02 Å². The molecular formula is C19H27ClN2O4. The van der Waals surface area contributed by atoms with Gasteiger partial charge in [-0.05, 0) is 37.3 Å². The molecule has 26 heavy (non-hydrogen) atoms. The van der Waals surface area contributed by atoms with Crippen LogP contribution in [0.25, 0.3) is 10.9 Å². The van der Waals surface area contributed by atoms with Gasteiger partial charge in [0.05, 0.1) is 48.5 Å². The highest BCUT2D eigenvalue weighted by Gasteiger charge is 2.29. The summed E-state index contributed by atoms with van der Waals surface area (Å²) in [6.45, 7) is -0.747. The molecular weight excluding hydrogens is 356 g/mol. The number of rotatable bonds is 8. The highest BCUT2D eigenvalue weighted by molar-refractivity contribution is 6.35. The first-order valence-electron chi connectivity index (χ1n) is 9.09. The SMILES string of the molecule is OCC(CO)(CO)NCC(O)Cn1c2c(c3cccc(Cl)c31)CCCC2. The van der Waals surface area contributed by atoms with E-state index in [9.17, 15) is 20.4 Å². The number of aromatic nitrogens is 1. The van der Waals surface area contributed by atoms with Gasteiger partial charge in [-0.2, -0.15) is 0 Å². The van der Waals surface area contributed by atoms with Crippen molar-refractivity contribution in [2.45, 2.75) is 43.9 Å². The van der Waals surface area contributed by atoms with Gasteiger partial charge in [0.1, 0.15) is 0 Å². The number of hydrogen-bond acceptors (Lipinski definition) is 5. The topological polar surface area (TPSA) is 97.9 Å². The van der Waals surface area contributed by atoms with Crippen LogP contribution in [0, 0.1) is 0 Å². The fraction of sp³-hybridized carbons (Fsp3) is 0.579. The van der Waals surface area contributed by atoms with Crippen molar-refractivity contribution in [3.63, 3.8) is 0 Å². The van der Waals surface area contributed by atoms with Crippen molar-refractivity contribution in [3.05, 3.63) is 34.5 Å². The first-order chi connectivity index (χ1) is 12.5. The Morgan fingerprint density at radius 1 is 1.12 bits per heavy atom. The van der Waals surface area contributed by atoms with E-state index in [2.05, 4.69) is 16.0 Å². The average Bonchev–Trinajstić information content (AvgIpc) is 2.99. The number of benzene rings is 1. The number of nitrogens with one attached hydrogen (secondary N) is 1. The Bertz CT molecular complexity index is 749. The fourth-order valence-electron chi connectivity index (χ4n) is 3.77. The maximum absolute atomic E-state index is 10.6. The van der Waals surface area contributed by atoms with Crippen LogP contribution in [0.15, 0.2) is 18.2 Å². The lowest BCUT2D eigenvalue weighted by molar-refractivity contribution is 0.0306. The van der Waals surface area contributed by atoms with Gasteiger partial charge in [0.2, 0.25) is 0 Å². The molecule has 0 amide bonds. The zero-order valence-corrected chi connectivity index (χ0v) is 15.5. The largest absolute Gasteiger partial charge is 0.394 e. The Morgan fingerprint density at radius 3 is 2.50 bits per heavy atom. The third-order valence-corrected chi connectivity index (χ3v) is 5.67. The summed E-state index contributed by atoms with van der Waals surface area (Å²) >= 11 is 6.47. The van der Waals surface area contributed by atoms with Gasteiger partial charge in [-0.1, -0.05) is 23.7 Å². The van der Waals surface area contributed by atoms with Crippen LogP contribution in [0.4, 0.5) is 0 Å². The molecule has 0 saturated carbocycles. The Balaban J connectivity index is 1.84. The monoisotopic (exact) mass is 382 g/mol. The number of β-amino-alcohol motifs (C(OH)–C–C–N with tert-alkyl or cyclic N) is 1. The number of hydrogen-bond donors (Lipinski definition) is 5. The molecule has 1 aliphatic carbocycles. The van der Waals surface area contributed by atoms with Gasteiger partial charge in [-0.15, -0.1) is 0 Å². The Kier molecular flexibility index (Phi) is 6.22. The van der Waals surface area contributed by atoms with E-state index in [1.54, 1.807) is 0 Å². The Labute approximate surface area is 158 Å². The molecule has 144 valence electrons. The van der Waals surface area contributed by atoms with Crippen molar-refractivity contribution in [1.82, 2.24) is 9.88 Å². The van der Waals surface area contributed by atoms with Crippen LogP contribution in [-0.4, -0.2) is 63.0 Å². The molecule has 1 aliphatic rings. The maximum Gasteiger partial charge on any atom is 0.0882 e. The van der Waals surface area contributed by atoms with Crippen LogP contribution < -0.4 is 5.32 Å². The molecule has 6 nitrogen and oxygen atoms in total. The molecule has 0 radical (unpaired) electrons. The van der Waals surface area contributed by atoms with Crippen LogP contribution in [-0.2, 0) is 19.4 Å². The Morgan fingerprint density at radius 2 is 1.81 bits per heavy atom. The summed E-state index contributed by atoms with van der Waals surface area (Å²) in [6.07, 6.45) is 3.52. The van der Waals surface area contributed by atoms with Crippen LogP contribution in [0.3, 0.4) is 0 Å². The highest BCUT2D eigenvalue weighted by Crippen LogP contribution is 2.35. The lowest BCUT2D eigenvalue weighted by Gasteiger charge is -2.30. The predicted octanol–water partition coefficient (Wildman–Crippen LogP) is 0.840. The highest BCUT2D eigenvalue weighted by atomic mass is 35.5. The van der Waals surface area contributed by atoms with Crippen molar-refractivity contribution >= 4 is 22.5 Å². The molecule has 0 saturated heterocycles. The number of fused-ring (bicyclic) bond motifs is 3. The minimum absolute atomic E-state index is 0.139. The summed E-state index contributed by atoms with van der Waals surface area (Å²) in [5, 5.41) is 43.5. The maximum atomic E-state index is 10.6. The van der Waals surface area contributed by atoms with Crippen molar-refractivity contribution in [2.24, 2.45) is 0 Å². The summed E-state index contributed by atoms with van der Waals surface area (Å²) in [4.78, 5) is 0. The van der Waals surface area contributed by atoms with Crippen LogP contribution >= 0.6 is 11.6 Å². The van der Waals surface area contributed by atoms with Crippen LogP contribution in [0.1, 0.15) is 24.1 Å². The van der Waals surface area contributed by atoms with Crippen molar-refractivity contribution in [3.8, 4) is 0 Å². The smallest absolute Gasteiger partial charge is 0.0882 e. The fourth-order valence-corrected chi connectivity index (χ4v) is 4.05. The number of aryl methyl sites for hydroxylation is 1. The van der Waals surface area contributed by atoms with E-state index in [0.717, 1.165) is 36.6 Å². The minimum atomic E-state index is -1.20. The van der Waals surface area contributed by atoms with E-state index >= 15 is 0 Å². The number of halogens is 1. The van der Waals surface area contributed by atoms with Gasteiger partial charge < -0.3 is 30.3 Å². The molecule has 5 N–H and O–H groups in total. The van der Waals surface area contributed by atoms with Gasteiger partial charge in [0, 0.05) is 17.6 Å². The summed E-state index contributed by atoms with van der Waals surface area (Å²) < 4.78 is 2.11. The molecule has 1 heterocycles. The zero-order valence-electron chi connectivity index (χ0n) is 14.8. The van der Waals surface area contributed by atoms with Crippen molar-refractivity contribution < 1.29 is 20.4 Å². The second-order valence-corrected chi connectivity index (χ2v) is 7.58. The number of nitrogens with zero attached hydrogens (tertiary/aromatic N) is 1. The molecule has 3 rings (SSSR count). The van der Waals surface area contributed by atoms with E-state index < -0.39 is 31.5 Å². The van der Waals surface area contributed by atoms with Gasteiger partial charge >= 0.3 is 0 Å². The van der Waals surface area contributed by atoms with Crippen LogP contribution in [0.5, 0.6) is 0 Å². The minimum Gasteiger partial charge on any atom is -0.394 e. The first kappa shape index (κ1) is 19.6. The molecule has 1 aromatic heterocycles. The van der Waals surface area contributed by atoms with Gasteiger partial charge in [0.15, 0.2) is 0 Å². The summed E-state index contributed by atoms with van der Waals surface area (Å²) in [5.74, 6) is 0. The van der Waals surface area contributed by atoms with E-state index in [0.29, 0.717) is 11.6 Å². The first-order valence-corrected chi connectivity index (χ1v) is 9.47. The van der Waals surface area contributed by atoms with Crippen molar-refractivity contribution in [1.29, 1.82) is 0 Å². The lowest BCUT2D eigenvalue weighted by Crippen LogP contribution is -2.56. The third kappa shape index (κ3) is 3.63. The number of aliphatic hydroxyl groups is 4. The second-order valence-electron chi connectivity index (χ2n) is 7.17. The van der Waals surface area contributed by atoms with Gasteiger partial charge in [-0.25, -0.2) is 0 Å². The molecule has 0 fully saturated rings. The number of para-hydroxylation sites is 1. The average molecular weight is 383 g/mol. The molecule has 0 aliphatic heterocycles. The molecule has 1 aromatic carbocycles. The number of aliphatic hydroxyl groups excluding tert-OH is 4. The zero-order chi connectivity index (χ0) is 18.7. The standard InChI is InChI=1S/C19H27ClN2O4/c20-16-6-3-5-15-14-4-1-2-7-17(14)22(18(15)16)9-13(26)8-21-19(10-23,11-24)12-25/h3,5-6,13,21,23-26H,1-2,4,7-12H2. The normalized spacial score (nSPS) is 16.0. The van der Waals surface area contributed by atoms with E-state index in [-0.39, 0.29) is 6.54 Å². The summed E-state index contributed by atoms with van der Waals surface area (Å²) in [7, 11) is 0. The van der Waals surface area contributed by atoms with E-state index in [4.69, 9.17) is 11.6 Å². The summed E-state index contributed by atoms with van der Waals surface area (Å²) in [6, 6.07) is 5.91. The van der Waals surface area contributed by atoms with Crippen molar-refractivity contribution in [2.75, 3.05) is 26.4 Å². The van der Waals surface area contributed by atoms with Gasteiger partial charge in [-0.3, -0.25) is 0 Å². The molecule has 0 bridgehead atoms. The summed E-state index contributed by atoms with van der Waals surface area (Å²) in [5.41, 5.74) is 2.31. The van der Waals surface area contributed by atoms with E-state index in [1.165, 1.54) is 11.3 Å². The van der Waals surface area contributed by atoms with Gasteiger partial charge in [0.25, 0.3) is 0 Å².